The van der Waals surface area contributed by atoms with Gasteiger partial charge in [-0.05, 0) is 50.5 Å². The molecule has 4 heteroatoms. The molecule has 0 bridgehead atoms. The Morgan fingerprint density at radius 1 is 1.26 bits per heavy atom. The highest BCUT2D eigenvalue weighted by molar-refractivity contribution is 4.97. The van der Waals surface area contributed by atoms with E-state index in [1.165, 1.54) is 25.7 Å². The minimum Gasteiger partial charge on any atom is -0.316 e. The first-order valence-corrected chi connectivity index (χ1v) is 7.62. The summed E-state index contributed by atoms with van der Waals surface area (Å²) in [6, 6.07) is 0.546. The van der Waals surface area contributed by atoms with E-state index in [1.807, 2.05) is 13.2 Å². The van der Waals surface area contributed by atoms with Crippen LogP contribution < -0.4 is 5.32 Å². The van der Waals surface area contributed by atoms with Crippen molar-refractivity contribution in [1.29, 1.82) is 0 Å². The summed E-state index contributed by atoms with van der Waals surface area (Å²) in [5, 5.41) is 11.7. The van der Waals surface area contributed by atoms with Crippen molar-refractivity contribution in [3.8, 4) is 0 Å². The molecule has 1 aliphatic carbocycles. The first kappa shape index (κ1) is 14.5. The third kappa shape index (κ3) is 3.78. The van der Waals surface area contributed by atoms with Crippen LogP contribution in [-0.4, -0.2) is 28.1 Å². The topological polar surface area (TPSA) is 42.7 Å². The van der Waals surface area contributed by atoms with Crippen molar-refractivity contribution in [1.82, 2.24) is 20.3 Å². The predicted molar refractivity (Wildman–Crippen MR) is 77.8 cm³/mol. The van der Waals surface area contributed by atoms with Crippen molar-refractivity contribution < 1.29 is 0 Å². The molecule has 0 saturated heterocycles. The average molecular weight is 264 g/mol. The van der Waals surface area contributed by atoms with Gasteiger partial charge in [0.25, 0.3) is 0 Å². The van der Waals surface area contributed by atoms with E-state index in [2.05, 4.69) is 36.5 Å². The molecule has 2 rings (SSSR count). The number of nitrogens with zero attached hydrogens (tertiary/aromatic N) is 3. The summed E-state index contributed by atoms with van der Waals surface area (Å²) in [6.07, 6.45) is 8.52. The molecule has 1 atom stereocenters. The fraction of sp³-hybridized carbons (Fsp3) is 0.867. The van der Waals surface area contributed by atoms with Gasteiger partial charge in [-0.3, -0.25) is 4.68 Å². The Morgan fingerprint density at radius 2 is 1.89 bits per heavy atom. The molecule has 1 aromatic heterocycles. The molecule has 0 aromatic carbocycles. The highest BCUT2D eigenvalue weighted by Gasteiger charge is 2.28. The molecule has 0 spiro atoms. The monoisotopic (exact) mass is 264 g/mol. The number of hydrogen-bond acceptors (Lipinski definition) is 3. The van der Waals surface area contributed by atoms with E-state index in [0.717, 1.165) is 29.9 Å². The highest BCUT2D eigenvalue weighted by atomic mass is 15.4. The van der Waals surface area contributed by atoms with Gasteiger partial charge in [0.2, 0.25) is 0 Å². The molecule has 1 fully saturated rings. The van der Waals surface area contributed by atoms with Crippen molar-refractivity contribution in [2.24, 2.45) is 24.8 Å². The maximum absolute atomic E-state index is 4.21. The van der Waals surface area contributed by atoms with Crippen molar-refractivity contribution in [3.05, 3.63) is 11.9 Å². The van der Waals surface area contributed by atoms with Crippen LogP contribution in [0.5, 0.6) is 0 Å². The highest BCUT2D eigenvalue weighted by Crippen LogP contribution is 2.35. The molecule has 0 radical (unpaired) electrons. The van der Waals surface area contributed by atoms with Gasteiger partial charge in [-0.1, -0.05) is 19.1 Å². The Morgan fingerprint density at radius 3 is 2.37 bits per heavy atom. The van der Waals surface area contributed by atoms with Crippen LogP contribution in [0.4, 0.5) is 0 Å². The van der Waals surface area contributed by atoms with Crippen LogP contribution in [0.3, 0.4) is 0 Å². The van der Waals surface area contributed by atoms with Crippen LogP contribution in [0.2, 0.25) is 0 Å². The second kappa shape index (κ2) is 6.51. The SMILES string of the molecule is CNC(Cc1cn(C)nn1)C1CCC(C(C)C)CC1. The second-order valence-electron chi connectivity index (χ2n) is 6.40. The number of likely N-dealkylation sites (N-methyl/N-ethyl adjacent to an activating group) is 1. The van der Waals surface area contributed by atoms with E-state index in [1.54, 1.807) is 4.68 Å². The lowest BCUT2D eigenvalue weighted by molar-refractivity contribution is 0.191. The zero-order valence-corrected chi connectivity index (χ0v) is 12.8. The van der Waals surface area contributed by atoms with Crippen molar-refractivity contribution in [3.63, 3.8) is 0 Å². The number of nitrogens with one attached hydrogen (secondary N) is 1. The summed E-state index contributed by atoms with van der Waals surface area (Å²) < 4.78 is 1.79. The summed E-state index contributed by atoms with van der Waals surface area (Å²) in [5.74, 6) is 2.57. The first-order valence-electron chi connectivity index (χ1n) is 7.62. The van der Waals surface area contributed by atoms with Gasteiger partial charge in [0.15, 0.2) is 0 Å². The second-order valence-corrected chi connectivity index (χ2v) is 6.40. The van der Waals surface area contributed by atoms with Gasteiger partial charge in [-0.15, -0.1) is 5.10 Å². The van der Waals surface area contributed by atoms with E-state index in [9.17, 15) is 0 Å². The maximum Gasteiger partial charge on any atom is 0.0842 e. The summed E-state index contributed by atoms with van der Waals surface area (Å²) in [7, 11) is 4.01. The Hall–Kier alpha value is -0.900. The van der Waals surface area contributed by atoms with Crippen LogP contribution in [0.1, 0.15) is 45.2 Å². The van der Waals surface area contributed by atoms with Gasteiger partial charge < -0.3 is 5.32 Å². The molecular formula is C15H28N4. The molecule has 1 aromatic rings. The van der Waals surface area contributed by atoms with Gasteiger partial charge in [-0.2, -0.15) is 0 Å². The smallest absolute Gasteiger partial charge is 0.0842 e. The summed E-state index contributed by atoms with van der Waals surface area (Å²) in [6.45, 7) is 4.72. The van der Waals surface area contributed by atoms with Gasteiger partial charge >= 0.3 is 0 Å². The van der Waals surface area contributed by atoms with Crippen LogP contribution in [0, 0.1) is 17.8 Å². The van der Waals surface area contributed by atoms with Crippen molar-refractivity contribution in [2.45, 2.75) is 52.0 Å². The molecule has 1 aliphatic rings. The Labute approximate surface area is 117 Å². The molecule has 1 N–H and O–H groups in total. The molecular weight excluding hydrogens is 236 g/mol. The number of hydrogen-bond donors (Lipinski definition) is 1. The Kier molecular flexibility index (Phi) is 4.97. The van der Waals surface area contributed by atoms with E-state index in [-0.39, 0.29) is 0 Å². The molecule has 1 saturated carbocycles. The van der Waals surface area contributed by atoms with Crippen LogP contribution in [-0.2, 0) is 13.5 Å². The van der Waals surface area contributed by atoms with Crippen molar-refractivity contribution >= 4 is 0 Å². The number of aryl methyl sites for hydroxylation is 1. The summed E-state index contributed by atoms with van der Waals surface area (Å²) in [4.78, 5) is 0. The lowest BCUT2D eigenvalue weighted by atomic mass is 9.74. The van der Waals surface area contributed by atoms with E-state index in [4.69, 9.17) is 0 Å². The normalized spacial score (nSPS) is 25.7. The summed E-state index contributed by atoms with van der Waals surface area (Å²) in [5.41, 5.74) is 1.10. The number of aromatic nitrogens is 3. The average Bonchev–Trinajstić information content (AvgIpc) is 2.81. The molecule has 108 valence electrons. The molecule has 0 amide bonds. The maximum atomic E-state index is 4.21. The molecule has 1 heterocycles. The fourth-order valence-corrected chi connectivity index (χ4v) is 3.43. The Balaban J connectivity index is 1.88. The zero-order chi connectivity index (χ0) is 13.8. The third-order valence-corrected chi connectivity index (χ3v) is 4.78. The van der Waals surface area contributed by atoms with Gasteiger partial charge in [0.05, 0.1) is 5.69 Å². The molecule has 1 unspecified atom stereocenters. The largest absolute Gasteiger partial charge is 0.316 e. The van der Waals surface area contributed by atoms with E-state index in [0.29, 0.717) is 6.04 Å². The van der Waals surface area contributed by atoms with E-state index < -0.39 is 0 Å². The quantitative estimate of drug-likeness (QED) is 0.888. The minimum absolute atomic E-state index is 0.546. The van der Waals surface area contributed by atoms with Crippen molar-refractivity contribution in [2.75, 3.05) is 7.05 Å². The predicted octanol–water partition coefficient (Wildman–Crippen LogP) is 2.41. The molecule has 19 heavy (non-hydrogen) atoms. The van der Waals surface area contributed by atoms with E-state index >= 15 is 0 Å². The Bertz CT molecular complexity index is 377. The van der Waals surface area contributed by atoms with Gasteiger partial charge in [0.1, 0.15) is 0 Å². The molecule has 0 aliphatic heterocycles. The van der Waals surface area contributed by atoms with Crippen LogP contribution in [0.15, 0.2) is 6.20 Å². The molecule has 4 nitrogen and oxygen atoms in total. The summed E-state index contributed by atoms with van der Waals surface area (Å²) >= 11 is 0. The van der Waals surface area contributed by atoms with Gasteiger partial charge in [0, 0.05) is 25.7 Å². The number of rotatable bonds is 5. The van der Waals surface area contributed by atoms with Crippen LogP contribution in [0.25, 0.3) is 0 Å². The zero-order valence-electron chi connectivity index (χ0n) is 12.8. The lowest BCUT2D eigenvalue weighted by Gasteiger charge is -2.35. The lowest BCUT2D eigenvalue weighted by Crippen LogP contribution is -2.38. The fourth-order valence-electron chi connectivity index (χ4n) is 3.43. The standard InChI is InChI=1S/C15H28N4/c1-11(2)12-5-7-13(8-6-12)15(16-3)9-14-10-19(4)18-17-14/h10-13,15-16H,5-9H2,1-4H3. The third-order valence-electron chi connectivity index (χ3n) is 4.78. The first-order chi connectivity index (χ1) is 9.10. The minimum atomic E-state index is 0.546. The van der Waals surface area contributed by atoms with Crippen LogP contribution >= 0.6 is 0 Å². The van der Waals surface area contributed by atoms with Gasteiger partial charge in [-0.25, -0.2) is 0 Å².